The van der Waals surface area contributed by atoms with E-state index in [1.807, 2.05) is 36.9 Å². The van der Waals surface area contributed by atoms with Crippen LogP contribution < -0.4 is 5.32 Å². The largest absolute Gasteiger partial charge is 0.356 e. The van der Waals surface area contributed by atoms with Crippen LogP contribution in [0.5, 0.6) is 0 Å². The zero-order valence-corrected chi connectivity index (χ0v) is 17.5. The zero-order valence-electron chi connectivity index (χ0n) is 17.5. The molecule has 1 aliphatic rings. The van der Waals surface area contributed by atoms with Gasteiger partial charge in [0.1, 0.15) is 0 Å². The molecule has 2 heterocycles. The zero-order chi connectivity index (χ0) is 20.7. The van der Waals surface area contributed by atoms with Crippen LogP contribution in [0.3, 0.4) is 0 Å². The summed E-state index contributed by atoms with van der Waals surface area (Å²) in [7, 11) is 0. The molecular weight excluding hydrogens is 362 g/mol. The Labute approximate surface area is 173 Å². The predicted molar refractivity (Wildman–Crippen MR) is 115 cm³/mol. The van der Waals surface area contributed by atoms with E-state index in [4.69, 9.17) is 0 Å². The Morgan fingerprint density at radius 2 is 1.93 bits per heavy atom. The smallest absolute Gasteiger partial charge is 0.228 e. The van der Waals surface area contributed by atoms with E-state index in [1.165, 1.54) is 0 Å². The summed E-state index contributed by atoms with van der Waals surface area (Å²) < 4.78 is 0. The van der Waals surface area contributed by atoms with E-state index in [0.29, 0.717) is 25.9 Å². The second-order valence-electron chi connectivity index (χ2n) is 7.92. The van der Waals surface area contributed by atoms with Crippen LogP contribution in [-0.4, -0.2) is 41.3 Å². The number of hydrogen-bond acceptors (Lipinski definition) is 3. The van der Waals surface area contributed by atoms with Crippen LogP contribution in [0.2, 0.25) is 0 Å². The Hall–Kier alpha value is -2.69. The highest BCUT2D eigenvalue weighted by atomic mass is 16.2. The molecule has 0 bridgehead atoms. The van der Waals surface area contributed by atoms with Crippen LogP contribution in [0.25, 0.3) is 11.1 Å². The molecule has 154 valence electrons. The van der Waals surface area contributed by atoms with Crippen molar-refractivity contribution in [3.05, 3.63) is 54.4 Å². The lowest BCUT2D eigenvalue weighted by molar-refractivity contribution is -0.141. The Kier molecular flexibility index (Phi) is 7.02. The summed E-state index contributed by atoms with van der Waals surface area (Å²) in [5, 5.41) is 3.03. The summed E-state index contributed by atoms with van der Waals surface area (Å²) in [5.74, 6) is 0.217. The number of carbonyl (C=O) groups is 2. The number of hydrogen-bond donors (Lipinski definition) is 1. The average Bonchev–Trinajstić information content (AvgIpc) is 2.75. The van der Waals surface area contributed by atoms with Gasteiger partial charge in [0.15, 0.2) is 0 Å². The van der Waals surface area contributed by atoms with E-state index in [0.717, 1.165) is 42.5 Å². The third kappa shape index (κ3) is 5.03. The molecule has 1 fully saturated rings. The molecule has 0 radical (unpaired) electrons. The van der Waals surface area contributed by atoms with Crippen molar-refractivity contribution < 1.29 is 9.59 Å². The molecule has 0 spiro atoms. The minimum Gasteiger partial charge on any atom is -0.356 e. The number of likely N-dealkylation sites (tertiary alicyclic amines) is 1. The summed E-state index contributed by atoms with van der Waals surface area (Å²) in [4.78, 5) is 31.7. The molecule has 1 atom stereocenters. The average molecular weight is 394 g/mol. The fraction of sp³-hybridized carbons (Fsp3) is 0.458. The normalized spacial score (nSPS) is 19.0. The summed E-state index contributed by atoms with van der Waals surface area (Å²) in [5.41, 5.74) is 2.77. The van der Waals surface area contributed by atoms with Crippen molar-refractivity contribution in [3.8, 4) is 11.1 Å². The molecule has 1 aromatic heterocycles. The minimum absolute atomic E-state index is 0.0586. The first-order valence-corrected chi connectivity index (χ1v) is 10.6. The SMILES string of the molecule is CCCC(=O)N1CCC[C@](Cc2cccc(-c3ccncc3)c2)(C(=O)NCC)C1. The van der Waals surface area contributed by atoms with Crippen LogP contribution in [0.15, 0.2) is 48.8 Å². The molecule has 5 nitrogen and oxygen atoms in total. The van der Waals surface area contributed by atoms with Gasteiger partial charge in [0.05, 0.1) is 5.41 Å². The van der Waals surface area contributed by atoms with E-state index >= 15 is 0 Å². The summed E-state index contributed by atoms with van der Waals surface area (Å²) in [6, 6.07) is 12.3. The molecular formula is C24H31N3O2. The second kappa shape index (κ2) is 9.68. The number of nitrogens with zero attached hydrogens (tertiary/aromatic N) is 2. The van der Waals surface area contributed by atoms with Gasteiger partial charge in [-0.05, 0) is 61.4 Å². The number of carbonyl (C=O) groups excluding carboxylic acids is 2. The van der Waals surface area contributed by atoms with Gasteiger partial charge in [0.25, 0.3) is 0 Å². The van der Waals surface area contributed by atoms with Gasteiger partial charge in [0.2, 0.25) is 11.8 Å². The first kappa shape index (κ1) is 21.0. The lowest BCUT2D eigenvalue weighted by Crippen LogP contribution is -2.54. The molecule has 1 N–H and O–H groups in total. The van der Waals surface area contributed by atoms with E-state index in [-0.39, 0.29) is 11.8 Å². The molecule has 0 unspecified atom stereocenters. The van der Waals surface area contributed by atoms with Gasteiger partial charge in [-0.15, -0.1) is 0 Å². The summed E-state index contributed by atoms with van der Waals surface area (Å²) in [6.07, 6.45) is 7.24. The van der Waals surface area contributed by atoms with E-state index < -0.39 is 5.41 Å². The Morgan fingerprint density at radius 3 is 2.66 bits per heavy atom. The number of aromatic nitrogens is 1. The molecule has 5 heteroatoms. The molecule has 29 heavy (non-hydrogen) atoms. The maximum absolute atomic E-state index is 13.1. The third-order valence-corrected chi connectivity index (χ3v) is 5.70. The molecule has 2 amide bonds. The van der Waals surface area contributed by atoms with E-state index in [1.54, 1.807) is 12.4 Å². The van der Waals surface area contributed by atoms with Gasteiger partial charge in [-0.2, -0.15) is 0 Å². The highest BCUT2D eigenvalue weighted by Crippen LogP contribution is 2.35. The summed E-state index contributed by atoms with van der Waals surface area (Å²) in [6.45, 7) is 5.80. The number of benzene rings is 1. The first-order chi connectivity index (χ1) is 14.1. The number of amides is 2. The summed E-state index contributed by atoms with van der Waals surface area (Å²) >= 11 is 0. The van der Waals surface area contributed by atoms with Crippen molar-refractivity contribution in [1.82, 2.24) is 15.2 Å². The van der Waals surface area contributed by atoms with Gasteiger partial charge in [-0.1, -0.05) is 31.2 Å². The van der Waals surface area contributed by atoms with Crippen molar-refractivity contribution >= 4 is 11.8 Å². The molecule has 2 aromatic rings. The Morgan fingerprint density at radius 1 is 1.14 bits per heavy atom. The van der Waals surface area contributed by atoms with E-state index in [9.17, 15) is 9.59 Å². The van der Waals surface area contributed by atoms with Crippen LogP contribution >= 0.6 is 0 Å². The topological polar surface area (TPSA) is 62.3 Å². The van der Waals surface area contributed by atoms with Gasteiger partial charge in [-0.25, -0.2) is 0 Å². The lowest BCUT2D eigenvalue weighted by Gasteiger charge is -2.42. The van der Waals surface area contributed by atoms with Gasteiger partial charge >= 0.3 is 0 Å². The first-order valence-electron chi connectivity index (χ1n) is 10.6. The van der Waals surface area contributed by atoms with Gasteiger partial charge in [0, 0.05) is 38.4 Å². The highest BCUT2D eigenvalue weighted by molar-refractivity contribution is 5.85. The van der Waals surface area contributed by atoms with Crippen LogP contribution in [0.4, 0.5) is 0 Å². The number of rotatable bonds is 7. The lowest BCUT2D eigenvalue weighted by atomic mass is 9.74. The standard InChI is InChI=1S/C24H31N3O2/c1-3-7-22(28)27-15-6-12-24(18-27,23(29)26-4-2)17-19-8-5-9-21(16-19)20-10-13-25-14-11-20/h5,8-11,13-14,16H,3-4,6-7,12,15,17-18H2,1-2H3,(H,26,29)/t24-/m1/s1. The third-order valence-electron chi connectivity index (χ3n) is 5.70. The fourth-order valence-electron chi connectivity index (χ4n) is 4.27. The van der Waals surface area contributed by atoms with Crippen molar-refractivity contribution in [2.45, 2.75) is 46.0 Å². The molecule has 1 aromatic carbocycles. The second-order valence-corrected chi connectivity index (χ2v) is 7.92. The molecule has 3 rings (SSSR count). The predicted octanol–water partition coefficient (Wildman–Crippen LogP) is 3.84. The molecule has 0 aliphatic carbocycles. The van der Waals surface area contributed by atoms with Crippen molar-refractivity contribution in [1.29, 1.82) is 0 Å². The monoisotopic (exact) mass is 393 g/mol. The maximum atomic E-state index is 13.1. The van der Waals surface area contributed by atoms with Gasteiger partial charge in [-0.3, -0.25) is 14.6 Å². The maximum Gasteiger partial charge on any atom is 0.228 e. The quantitative estimate of drug-likeness (QED) is 0.777. The molecule has 0 saturated carbocycles. The minimum atomic E-state index is -0.575. The Balaban J connectivity index is 1.88. The van der Waals surface area contributed by atoms with Crippen LogP contribution in [-0.2, 0) is 16.0 Å². The number of piperidine rings is 1. The van der Waals surface area contributed by atoms with Gasteiger partial charge < -0.3 is 10.2 Å². The molecule has 1 saturated heterocycles. The van der Waals surface area contributed by atoms with Crippen LogP contribution in [0.1, 0.15) is 45.1 Å². The van der Waals surface area contributed by atoms with Crippen molar-refractivity contribution in [2.24, 2.45) is 5.41 Å². The van der Waals surface area contributed by atoms with Crippen molar-refractivity contribution in [2.75, 3.05) is 19.6 Å². The fourth-order valence-corrected chi connectivity index (χ4v) is 4.27. The Bertz CT molecular complexity index is 837. The number of pyridine rings is 1. The van der Waals surface area contributed by atoms with Crippen LogP contribution in [0, 0.1) is 5.41 Å². The number of nitrogens with one attached hydrogen (secondary N) is 1. The van der Waals surface area contributed by atoms with Crippen molar-refractivity contribution in [3.63, 3.8) is 0 Å². The van der Waals surface area contributed by atoms with E-state index in [2.05, 4.69) is 28.5 Å². The molecule has 1 aliphatic heterocycles. The highest BCUT2D eigenvalue weighted by Gasteiger charge is 2.43.